The van der Waals surface area contributed by atoms with Gasteiger partial charge in [0.1, 0.15) is 0 Å². The van der Waals surface area contributed by atoms with Crippen molar-refractivity contribution >= 4 is 10.9 Å². The Morgan fingerprint density at radius 2 is 1.92 bits per heavy atom. The van der Waals surface area contributed by atoms with Crippen molar-refractivity contribution in [2.24, 2.45) is 0 Å². The second-order valence-electron chi connectivity index (χ2n) is 3.42. The molecule has 0 spiro atoms. The van der Waals surface area contributed by atoms with Crippen LogP contribution in [0.15, 0.2) is 30.5 Å². The number of rotatable bonds is 1. The van der Waals surface area contributed by atoms with Crippen molar-refractivity contribution in [1.82, 2.24) is 4.98 Å². The largest absolute Gasteiger partial charge is 0.664 e. The maximum absolute atomic E-state index is 4.26. The quantitative estimate of drug-likeness (QED) is 0.776. The van der Waals surface area contributed by atoms with E-state index in [9.17, 15) is 0 Å². The molecule has 2 aromatic rings. The molecule has 1 aromatic heterocycles. The van der Waals surface area contributed by atoms with E-state index in [-0.39, 0.29) is 20.4 Å². The number of nitrogens with zero attached hydrogens (tertiary/aromatic N) is 1. The predicted molar refractivity (Wildman–Crippen MR) is 51.4 cm³/mol. The Labute approximate surface area is 92.2 Å². The molecule has 0 aliphatic carbocycles. The fraction of sp³-hybridized carbons (Fsp3) is 0.273. The van der Waals surface area contributed by atoms with Crippen LogP contribution in [-0.2, 0) is 20.4 Å². The summed E-state index contributed by atoms with van der Waals surface area (Å²) in [4.78, 5) is 4.26. The Balaban J connectivity index is 0.000000845. The van der Waals surface area contributed by atoms with E-state index in [0.29, 0.717) is 5.92 Å². The monoisotopic (exact) mass is 345 g/mol. The van der Waals surface area contributed by atoms with Gasteiger partial charge in [-0.3, -0.25) is 0 Å². The average molecular weight is 344 g/mol. The SMILES string of the molecule is CC(C)c1ccc2cc[n-]c2c1.[Re]. The van der Waals surface area contributed by atoms with Crippen LogP contribution in [0.4, 0.5) is 0 Å². The Morgan fingerprint density at radius 1 is 1.15 bits per heavy atom. The van der Waals surface area contributed by atoms with Gasteiger partial charge in [-0.15, -0.1) is 5.52 Å². The maximum atomic E-state index is 4.26. The van der Waals surface area contributed by atoms with Crippen LogP contribution in [0.5, 0.6) is 0 Å². The van der Waals surface area contributed by atoms with E-state index >= 15 is 0 Å². The number of fused-ring (bicyclic) bond motifs is 1. The molecule has 1 aromatic carbocycles. The van der Waals surface area contributed by atoms with Gasteiger partial charge in [0.2, 0.25) is 0 Å². The van der Waals surface area contributed by atoms with Crippen LogP contribution in [0.25, 0.3) is 10.9 Å². The summed E-state index contributed by atoms with van der Waals surface area (Å²) in [5, 5.41) is 1.24. The standard InChI is InChI=1S/C11H12N.Re/c1-8(2)10-4-3-9-5-6-12-11(9)7-10;/h3-8H,1-2H3;/q-1;. The molecule has 0 saturated heterocycles. The smallest absolute Gasteiger partial charge is 0 e. The fourth-order valence-corrected chi connectivity index (χ4v) is 1.37. The van der Waals surface area contributed by atoms with Gasteiger partial charge < -0.3 is 4.98 Å². The Morgan fingerprint density at radius 3 is 2.62 bits per heavy atom. The molecule has 0 aliphatic rings. The van der Waals surface area contributed by atoms with Crippen LogP contribution in [0.2, 0.25) is 0 Å². The Kier molecular flexibility index (Phi) is 3.30. The third-order valence-corrected chi connectivity index (χ3v) is 2.19. The molecular formula is C11H12NRe-. The van der Waals surface area contributed by atoms with Gasteiger partial charge in [0.05, 0.1) is 0 Å². The number of aromatic nitrogens is 1. The van der Waals surface area contributed by atoms with Gasteiger partial charge >= 0.3 is 0 Å². The minimum Gasteiger partial charge on any atom is -0.664 e. The predicted octanol–water partition coefficient (Wildman–Crippen LogP) is 2.92. The van der Waals surface area contributed by atoms with E-state index in [2.05, 4.69) is 37.0 Å². The topological polar surface area (TPSA) is 14.1 Å². The van der Waals surface area contributed by atoms with E-state index in [0.717, 1.165) is 5.52 Å². The molecule has 0 aliphatic heterocycles. The second-order valence-corrected chi connectivity index (χ2v) is 3.42. The van der Waals surface area contributed by atoms with Gasteiger partial charge in [-0.05, 0) is 16.9 Å². The molecule has 69 valence electrons. The summed E-state index contributed by atoms with van der Waals surface area (Å²) in [5.41, 5.74) is 2.47. The van der Waals surface area contributed by atoms with Crippen molar-refractivity contribution in [3.8, 4) is 0 Å². The molecule has 0 atom stereocenters. The zero-order chi connectivity index (χ0) is 8.55. The van der Waals surface area contributed by atoms with Crippen molar-refractivity contribution in [2.45, 2.75) is 19.8 Å². The molecule has 0 N–H and O–H groups in total. The summed E-state index contributed by atoms with van der Waals surface area (Å²) in [6.45, 7) is 4.40. The molecular weight excluding hydrogens is 332 g/mol. The van der Waals surface area contributed by atoms with E-state index in [4.69, 9.17) is 0 Å². The Hall–Kier alpha value is -0.578. The maximum Gasteiger partial charge on any atom is 0 e. The Bertz CT molecular complexity index is 390. The molecule has 2 heteroatoms. The van der Waals surface area contributed by atoms with Crippen molar-refractivity contribution in [1.29, 1.82) is 0 Å². The van der Waals surface area contributed by atoms with Gasteiger partial charge in [-0.25, -0.2) is 0 Å². The fourth-order valence-electron chi connectivity index (χ4n) is 1.37. The first-order valence-corrected chi connectivity index (χ1v) is 4.29. The van der Waals surface area contributed by atoms with E-state index < -0.39 is 0 Å². The van der Waals surface area contributed by atoms with Crippen LogP contribution in [0.3, 0.4) is 0 Å². The molecule has 2 rings (SSSR count). The third kappa shape index (κ3) is 2.02. The van der Waals surface area contributed by atoms with Gasteiger partial charge in [0.25, 0.3) is 0 Å². The van der Waals surface area contributed by atoms with E-state index in [1.807, 2.05) is 12.3 Å². The summed E-state index contributed by atoms with van der Waals surface area (Å²) < 4.78 is 0. The van der Waals surface area contributed by atoms with Gasteiger partial charge in [0.15, 0.2) is 0 Å². The average Bonchev–Trinajstić information content (AvgIpc) is 2.49. The van der Waals surface area contributed by atoms with Crippen LogP contribution in [-0.4, -0.2) is 0 Å². The van der Waals surface area contributed by atoms with Crippen molar-refractivity contribution < 1.29 is 20.4 Å². The number of benzene rings is 1. The van der Waals surface area contributed by atoms with Crippen molar-refractivity contribution in [3.63, 3.8) is 0 Å². The van der Waals surface area contributed by atoms with Gasteiger partial charge in [-0.2, -0.15) is 6.20 Å². The normalized spacial score (nSPS) is 10.4. The van der Waals surface area contributed by atoms with Gasteiger partial charge in [0, 0.05) is 20.4 Å². The first kappa shape index (κ1) is 10.5. The van der Waals surface area contributed by atoms with Gasteiger partial charge in [-0.1, -0.05) is 38.1 Å². The summed E-state index contributed by atoms with van der Waals surface area (Å²) in [6, 6.07) is 8.52. The molecule has 0 saturated carbocycles. The number of hydrogen-bond donors (Lipinski definition) is 0. The summed E-state index contributed by atoms with van der Waals surface area (Å²) in [7, 11) is 0. The molecule has 1 heterocycles. The summed E-state index contributed by atoms with van der Waals surface area (Å²) in [5.74, 6) is 0.589. The molecule has 1 radical (unpaired) electrons. The summed E-state index contributed by atoms with van der Waals surface area (Å²) >= 11 is 0. The molecule has 0 amide bonds. The van der Waals surface area contributed by atoms with Crippen molar-refractivity contribution in [2.75, 3.05) is 0 Å². The molecule has 0 unspecified atom stereocenters. The zero-order valence-corrected chi connectivity index (χ0v) is 10.5. The van der Waals surface area contributed by atoms with Crippen LogP contribution >= 0.6 is 0 Å². The first-order chi connectivity index (χ1) is 5.77. The molecule has 1 nitrogen and oxygen atoms in total. The van der Waals surface area contributed by atoms with E-state index in [1.54, 1.807) is 0 Å². The molecule has 0 bridgehead atoms. The van der Waals surface area contributed by atoms with Crippen LogP contribution in [0.1, 0.15) is 25.3 Å². The second kappa shape index (κ2) is 4.09. The van der Waals surface area contributed by atoms with Crippen molar-refractivity contribution in [3.05, 3.63) is 36.0 Å². The summed E-state index contributed by atoms with van der Waals surface area (Å²) in [6.07, 6.45) is 1.86. The van der Waals surface area contributed by atoms with Crippen LogP contribution in [0, 0.1) is 0 Å². The minimum absolute atomic E-state index is 0. The molecule has 13 heavy (non-hydrogen) atoms. The van der Waals surface area contributed by atoms with E-state index in [1.165, 1.54) is 10.9 Å². The minimum atomic E-state index is 0. The molecule has 0 fully saturated rings. The third-order valence-electron chi connectivity index (χ3n) is 2.19. The number of hydrogen-bond acceptors (Lipinski definition) is 0. The first-order valence-electron chi connectivity index (χ1n) is 4.29. The van der Waals surface area contributed by atoms with Crippen LogP contribution < -0.4 is 4.98 Å². The zero-order valence-electron chi connectivity index (χ0n) is 7.79.